The Labute approximate surface area is 215 Å². The highest BCUT2D eigenvalue weighted by Crippen LogP contribution is 2.39. The predicted molar refractivity (Wildman–Crippen MR) is 140 cm³/mol. The fourth-order valence-electron chi connectivity index (χ4n) is 4.83. The number of nitrogens with zero attached hydrogens (tertiary/aromatic N) is 5. The van der Waals surface area contributed by atoms with Crippen molar-refractivity contribution in [1.29, 1.82) is 0 Å². The molecule has 2 aliphatic heterocycles. The first kappa shape index (κ1) is 25.1. The Balaban J connectivity index is 1.36. The second-order valence-electron chi connectivity index (χ2n) is 9.86. The van der Waals surface area contributed by atoms with E-state index < -0.39 is 11.6 Å². The highest BCUT2D eigenvalue weighted by molar-refractivity contribution is 5.97. The molecular formula is C28H31F2N5O2. The van der Waals surface area contributed by atoms with Crippen LogP contribution in [-0.4, -0.2) is 73.1 Å². The van der Waals surface area contributed by atoms with Gasteiger partial charge in [-0.05, 0) is 57.3 Å². The second-order valence-corrected chi connectivity index (χ2v) is 9.86. The van der Waals surface area contributed by atoms with Crippen LogP contribution in [0.2, 0.25) is 0 Å². The van der Waals surface area contributed by atoms with Crippen LogP contribution in [0.5, 0.6) is 5.75 Å². The van der Waals surface area contributed by atoms with Crippen molar-refractivity contribution in [2.75, 3.05) is 56.2 Å². The summed E-state index contributed by atoms with van der Waals surface area (Å²) in [5, 5.41) is 0. The van der Waals surface area contributed by atoms with E-state index in [-0.39, 0.29) is 41.1 Å². The number of hydrogen-bond donors (Lipinski definition) is 0. The van der Waals surface area contributed by atoms with Gasteiger partial charge in [-0.3, -0.25) is 4.79 Å². The zero-order chi connectivity index (χ0) is 26.1. The lowest BCUT2D eigenvalue weighted by Gasteiger charge is -2.34. The van der Waals surface area contributed by atoms with Crippen LogP contribution in [0, 0.1) is 11.6 Å². The molecule has 1 saturated heterocycles. The summed E-state index contributed by atoms with van der Waals surface area (Å²) >= 11 is 0. The summed E-state index contributed by atoms with van der Waals surface area (Å²) in [4.78, 5) is 27.9. The highest BCUT2D eigenvalue weighted by Gasteiger charge is 2.26. The molecule has 0 unspecified atom stereocenters. The van der Waals surface area contributed by atoms with E-state index in [0.29, 0.717) is 24.4 Å². The molecule has 194 valence electrons. The number of halogens is 2. The molecule has 0 aliphatic carbocycles. The summed E-state index contributed by atoms with van der Waals surface area (Å²) in [6.07, 6.45) is 0.950. The van der Waals surface area contributed by atoms with Crippen LogP contribution in [-0.2, 0) is 6.42 Å². The number of ether oxygens (including phenoxy) is 1. The molecule has 0 bridgehead atoms. The van der Waals surface area contributed by atoms with Crippen molar-refractivity contribution in [3.63, 3.8) is 0 Å². The zero-order valence-corrected chi connectivity index (χ0v) is 21.4. The van der Waals surface area contributed by atoms with Crippen molar-refractivity contribution in [2.24, 2.45) is 0 Å². The Morgan fingerprint density at radius 2 is 1.76 bits per heavy atom. The number of hydrogen-bond acceptors (Lipinski definition) is 7. The number of likely N-dealkylation sites (N-methyl/N-ethyl adjacent to an activating group) is 1. The number of anilines is 2. The zero-order valence-electron chi connectivity index (χ0n) is 21.4. The highest BCUT2D eigenvalue weighted by atomic mass is 19.1. The molecule has 1 fully saturated rings. The fourth-order valence-corrected chi connectivity index (χ4v) is 4.83. The van der Waals surface area contributed by atoms with Crippen LogP contribution in [0.25, 0.3) is 11.3 Å². The van der Waals surface area contributed by atoms with Gasteiger partial charge in [-0.25, -0.2) is 18.7 Å². The number of carbonyl (C=O) groups is 1. The topological polar surface area (TPSA) is 61.8 Å². The molecular weight excluding hydrogens is 476 g/mol. The van der Waals surface area contributed by atoms with Crippen molar-refractivity contribution in [3.05, 3.63) is 65.6 Å². The average Bonchev–Trinajstić information content (AvgIpc) is 2.90. The number of piperazine rings is 1. The molecule has 0 N–H and O–H groups in total. The minimum absolute atomic E-state index is 0.0424. The number of benzene rings is 2. The lowest BCUT2D eigenvalue weighted by Crippen LogP contribution is -2.44. The molecule has 1 aromatic heterocycles. The summed E-state index contributed by atoms with van der Waals surface area (Å²) in [7, 11) is 2.11. The number of Topliss-reactive ketones (excluding diaryl/α,β-unsaturated/α-hetero) is 1. The summed E-state index contributed by atoms with van der Waals surface area (Å²) in [6, 6.07) is 10.5. The normalized spacial score (nSPS) is 16.1. The van der Waals surface area contributed by atoms with Crippen LogP contribution < -0.4 is 14.5 Å². The Bertz CT molecular complexity index is 1290. The molecule has 7 nitrogen and oxygen atoms in total. The lowest BCUT2D eigenvalue weighted by molar-refractivity contribution is 0.0990. The molecule has 2 aromatic carbocycles. The number of fused-ring (bicyclic) bond motifs is 1. The van der Waals surface area contributed by atoms with Crippen molar-refractivity contribution in [1.82, 2.24) is 14.9 Å². The number of rotatable bonds is 6. The van der Waals surface area contributed by atoms with Gasteiger partial charge in [0.25, 0.3) is 0 Å². The smallest absolute Gasteiger partial charge is 0.178 e. The minimum Gasteiger partial charge on any atom is -0.486 e. The maximum atomic E-state index is 14.9. The third kappa shape index (κ3) is 5.27. The van der Waals surface area contributed by atoms with E-state index in [1.165, 1.54) is 6.07 Å². The van der Waals surface area contributed by atoms with E-state index in [1.54, 1.807) is 18.2 Å². The van der Waals surface area contributed by atoms with Crippen LogP contribution in [0.1, 0.15) is 30.0 Å². The average molecular weight is 508 g/mol. The van der Waals surface area contributed by atoms with Crippen LogP contribution in [0.4, 0.5) is 20.2 Å². The van der Waals surface area contributed by atoms with Gasteiger partial charge < -0.3 is 19.4 Å². The van der Waals surface area contributed by atoms with Gasteiger partial charge in [-0.15, -0.1) is 0 Å². The molecule has 0 radical (unpaired) electrons. The molecule has 3 aromatic rings. The quantitative estimate of drug-likeness (QED) is 0.464. The third-order valence-electron chi connectivity index (χ3n) is 6.98. The maximum absolute atomic E-state index is 14.9. The summed E-state index contributed by atoms with van der Waals surface area (Å²) in [5.41, 5.74) is 2.42. The number of carbonyl (C=O) groups excluding carboxylic acids is 1. The molecule has 0 saturated carbocycles. The largest absolute Gasteiger partial charge is 0.486 e. The van der Waals surface area contributed by atoms with Crippen molar-refractivity contribution in [3.8, 4) is 17.0 Å². The summed E-state index contributed by atoms with van der Waals surface area (Å²) in [6.45, 7) is 8.89. The molecule has 9 heteroatoms. The number of ketones is 1. The van der Waals surface area contributed by atoms with Gasteiger partial charge in [0.15, 0.2) is 23.2 Å². The van der Waals surface area contributed by atoms with Gasteiger partial charge in [-0.2, -0.15) is 0 Å². The van der Waals surface area contributed by atoms with Crippen molar-refractivity contribution >= 4 is 17.2 Å². The van der Waals surface area contributed by atoms with E-state index in [1.807, 2.05) is 30.9 Å². The molecule has 3 heterocycles. The van der Waals surface area contributed by atoms with Gasteiger partial charge in [-0.1, -0.05) is 0 Å². The molecule has 0 amide bonds. The molecule has 37 heavy (non-hydrogen) atoms. The molecule has 5 rings (SSSR count). The monoisotopic (exact) mass is 507 g/mol. The molecule has 0 spiro atoms. The van der Waals surface area contributed by atoms with Crippen molar-refractivity contribution in [2.45, 2.75) is 26.3 Å². The Morgan fingerprint density at radius 1 is 1.03 bits per heavy atom. The van der Waals surface area contributed by atoms with E-state index in [4.69, 9.17) is 4.74 Å². The Morgan fingerprint density at radius 3 is 2.46 bits per heavy atom. The molecule has 2 aliphatic rings. The standard InChI is InChI=1S/C28H31F2N5O2/c1-18(2)35-12-13-37-28-22(29)14-20(15-24(28)35)27-23(30)17-31-26(32-27)16-25(36)19-4-6-21(7-5-19)34-10-8-33(3)9-11-34/h4-7,14-15,17-18H,8-13,16H2,1-3H3. The van der Waals surface area contributed by atoms with E-state index in [9.17, 15) is 13.6 Å². The predicted octanol–water partition coefficient (Wildman–Crippen LogP) is 4.21. The van der Waals surface area contributed by atoms with E-state index in [2.05, 4.69) is 26.8 Å². The minimum atomic E-state index is -0.681. The van der Waals surface area contributed by atoms with Crippen LogP contribution in [0.3, 0.4) is 0 Å². The van der Waals surface area contributed by atoms with Gasteiger partial charge in [0, 0.05) is 49.0 Å². The lowest BCUT2D eigenvalue weighted by atomic mass is 10.1. The summed E-state index contributed by atoms with van der Waals surface area (Å²) < 4.78 is 35.3. The fraction of sp³-hybridized carbons (Fsp3) is 0.393. The summed E-state index contributed by atoms with van der Waals surface area (Å²) in [5.74, 6) is -1.08. The van der Waals surface area contributed by atoms with Crippen LogP contribution in [0.15, 0.2) is 42.6 Å². The van der Waals surface area contributed by atoms with Crippen LogP contribution >= 0.6 is 0 Å². The van der Waals surface area contributed by atoms with Crippen molar-refractivity contribution < 1.29 is 18.3 Å². The van der Waals surface area contributed by atoms with E-state index in [0.717, 1.165) is 38.1 Å². The van der Waals surface area contributed by atoms with Gasteiger partial charge >= 0.3 is 0 Å². The maximum Gasteiger partial charge on any atom is 0.178 e. The van der Waals surface area contributed by atoms with E-state index >= 15 is 0 Å². The molecule has 0 atom stereocenters. The first-order valence-electron chi connectivity index (χ1n) is 12.6. The second kappa shape index (κ2) is 10.4. The van der Waals surface area contributed by atoms with Gasteiger partial charge in [0.2, 0.25) is 0 Å². The van der Waals surface area contributed by atoms with Gasteiger partial charge in [0.1, 0.15) is 18.1 Å². The third-order valence-corrected chi connectivity index (χ3v) is 6.98. The Kier molecular flexibility index (Phi) is 7.06. The number of aromatic nitrogens is 2. The first-order valence-corrected chi connectivity index (χ1v) is 12.6. The SMILES string of the molecule is CC(C)N1CCOc2c(F)cc(-c3nc(CC(=O)c4ccc(N5CCN(C)CC5)cc4)ncc3F)cc21. The Hall–Kier alpha value is -3.59. The van der Waals surface area contributed by atoms with Gasteiger partial charge in [0.05, 0.1) is 24.8 Å². The first-order chi connectivity index (χ1) is 17.8.